The van der Waals surface area contributed by atoms with Crippen molar-refractivity contribution in [3.63, 3.8) is 0 Å². The van der Waals surface area contributed by atoms with Crippen molar-refractivity contribution < 1.29 is 14.3 Å². The molecule has 0 radical (unpaired) electrons. The minimum atomic E-state index is 0.291. The highest BCUT2D eigenvalue weighted by Crippen LogP contribution is 2.59. The van der Waals surface area contributed by atoms with E-state index in [1.54, 1.807) is 19.2 Å². The number of rotatable bonds is 4. The molecule has 0 N–H and O–H groups in total. The summed E-state index contributed by atoms with van der Waals surface area (Å²) in [7, 11) is 1.65. The predicted molar refractivity (Wildman–Crippen MR) is 79.8 cm³/mol. The number of ether oxygens (including phenoxy) is 2. The lowest BCUT2D eigenvalue weighted by molar-refractivity contribution is 0.112. The van der Waals surface area contributed by atoms with Crippen LogP contribution in [0.5, 0.6) is 11.5 Å². The Labute approximate surface area is 125 Å². The molecule has 21 heavy (non-hydrogen) atoms. The van der Waals surface area contributed by atoms with E-state index in [0.717, 1.165) is 41.5 Å². The van der Waals surface area contributed by atoms with Gasteiger partial charge in [0.15, 0.2) is 11.5 Å². The first kappa shape index (κ1) is 13.2. The molecule has 112 valence electrons. The summed E-state index contributed by atoms with van der Waals surface area (Å²) in [5.41, 5.74) is 0.643. The molecule has 4 rings (SSSR count). The Morgan fingerprint density at radius 2 is 1.76 bits per heavy atom. The quantitative estimate of drug-likeness (QED) is 0.791. The third kappa shape index (κ3) is 2.14. The fourth-order valence-corrected chi connectivity index (χ4v) is 5.10. The third-order valence-electron chi connectivity index (χ3n) is 5.96. The van der Waals surface area contributed by atoms with E-state index in [1.807, 2.05) is 6.07 Å². The number of methoxy groups -OCH3 is 1. The molecule has 4 atom stereocenters. The molecule has 0 heterocycles. The summed E-state index contributed by atoms with van der Waals surface area (Å²) in [5, 5.41) is 0. The Kier molecular flexibility index (Phi) is 3.16. The van der Waals surface area contributed by atoms with Gasteiger partial charge < -0.3 is 9.47 Å². The van der Waals surface area contributed by atoms with Crippen molar-refractivity contribution in [1.29, 1.82) is 0 Å². The Morgan fingerprint density at radius 3 is 2.38 bits per heavy atom. The van der Waals surface area contributed by atoms with Crippen LogP contribution in [-0.4, -0.2) is 19.5 Å². The Morgan fingerprint density at radius 1 is 1.05 bits per heavy atom. The van der Waals surface area contributed by atoms with Gasteiger partial charge in [0.25, 0.3) is 0 Å². The SMILES string of the molecule is COc1ccc(C=O)cc1OC1CC2C3CCC(C3)C2C1. The number of aldehydes is 1. The summed E-state index contributed by atoms with van der Waals surface area (Å²) in [6.07, 6.45) is 7.84. The lowest BCUT2D eigenvalue weighted by Crippen LogP contribution is -2.15. The zero-order chi connectivity index (χ0) is 14.4. The second-order valence-electron chi connectivity index (χ2n) is 6.90. The van der Waals surface area contributed by atoms with Gasteiger partial charge in [-0.2, -0.15) is 0 Å². The molecule has 0 amide bonds. The number of fused-ring (bicyclic) bond motifs is 5. The van der Waals surface area contributed by atoms with E-state index in [9.17, 15) is 4.79 Å². The highest BCUT2D eigenvalue weighted by atomic mass is 16.5. The molecule has 3 nitrogen and oxygen atoms in total. The van der Waals surface area contributed by atoms with Crippen LogP contribution in [0.4, 0.5) is 0 Å². The van der Waals surface area contributed by atoms with Crippen LogP contribution in [0.25, 0.3) is 0 Å². The van der Waals surface area contributed by atoms with Gasteiger partial charge in [0.1, 0.15) is 6.29 Å². The molecular formula is C18H22O3. The van der Waals surface area contributed by atoms with E-state index in [1.165, 1.54) is 32.1 Å². The van der Waals surface area contributed by atoms with Crippen molar-refractivity contribution >= 4 is 6.29 Å². The molecule has 3 fully saturated rings. The smallest absolute Gasteiger partial charge is 0.162 e. The van der Waals surface area contributed by atoms with Crippen LogP contribution >= 0.6 is 0 Å². The first-order chi connectivity index (χ1) is 10.3. The average molecular weight is 286 g/mol. The average Bonchev–Trinajstić information content (AvgIpc) is 3.19. The minimum absolute atomic E-state index is 0.291. The van der Waals surface area contributed by atoms with Gasteiger partial charge >= 0.3 is 0 Å². The van der Waals surface area contributed by atoms with Crippen molar-refractivity contribution in [2.24, 2.45) is 23.7 Å². The van der Waals surface area contributed by atoms with Gasteiger partial charge in [-0.25, -0.2) is 0 Å². The van der Waals surface area contributed by atoms with Crippen LogP contribution in [0.1, 0.15) is 42.5 Å². The molecule has 3 aliphatic rings. The van der Waals surface area contributed by atoms with Crippen LogP contribution < -0.4 is 9.47 Å². The monoisotopic (exact) mass is 286 g/mol. The molecule has 1 aromatic rings. The first-order valence-corrected chi connectivity index (χ1v) is 8.08. The van der Waals surface area contributed by atoms with Crippen molar-refractivity contribution in [3.8, 4) is 11.5 Å². The van der Waals surface area contributed by atoms with E-state index < -0.39 is 0 Å². The van der Waals surface area contributed by atoms with Crippen molar-refractivity contribution in [2.75, 3.05) is 7.11 Å². The lowest BCUT2D eigenvalue weighted by atomic mass is 9.82. The normalized spacial score (nSPS) is 36.5. The Bertz CT molecular complexity index is 535. The van der Waals surface area contributed by atoms with Crippen LogP contribution in [0.2, 0.25) is 0 Å². The van der Waals surface area contributed by atoms with E-state index in [2.05, 4.69) is 0 Å². The summed E-state index contributed by atoms with van der Waals surface area (Å²) in [4.78, 5) is 11.0. The van der Waals surface area contributed by atoms with Crippen LogP contribution in [0.15, 0.2) is 18.2 Å². The maximum absolute atomic E-state index is 11.0. The number of hydrogen-bond acceptors (Lipinski definition) is 3. The Balaban J connectivity index is 1.51. The minimum Gasteiger partial charge on any atom is -0.493 e. The fraction of sp³-hybridized carbons (Fsp3) is 0.611. The molecule has 0 aliphatic heterocycles. The first-order valence-electron chi connectivity index (χ1n) is 8.08. The van der Waals surface area contributed by atoms with E-state index in [4.69, 9.17) is 9.47 Å². The van der Waals surface area contributed by atoms with E-state index in [0.29, 0.717) is 11.7 Å². The second-order valence-corrected chi connectivity index (χ2v) is 6.90. The van der Waals surface area contributed by atoms with Crippen LogP contribution in [-0.2, 0) is 0 Å². The predicted octanol–water partition coefficient (Wildman–Crippen LogP) is 3.71. The van der Waals surface area contributed by atoms with Gasteiger partial charge in [0.05, 0.1) is 13.2 Å². The molecule has 2 bridgehead atoms. The van der Waals surface area contributed by atoms with Crippen LogP contribution in [0, 0.1) is 23.7 Å². The van der Waals surface area contributed by atoms with Gasteiger partial charge in [0.2, 0.25) is 0 Å². The zero-order valence-corrected chi connectivity index (χ0v) is 12.5. The number of benzene rings is 1. The molecule has 4 unspecified atom stereocenters. The van der Waals surface area contributed by atoms with Crippen molar-refractivity contribution in [2.45, 2.75) is 38.2 Å². The molecule has 3 saturated carbocycles. The fourth-order valence-electron chi connectivity index (χ4n) is 5.10. The number of carbonyl (C=O) groups is 1. The largest absolute Gasteiger partial charge is 0.493 e. The number of carbonyl (C=O) groups excluding carboxylic acids is 1. The summed E-state index contributed by atoms with van der Waals surface area (Å²) in [5.74, 6) is 5.12. The lowest BCUT2D eigenvalue weighted by Gasteiger charge is -2.23. The van der Waals surface area contributed by atoms with Gasteiger partial charge in [-0.15, -0.1) is 0 Å². The molecular weight excluding hydrogens is 264 g/mol. The highest BCUT2D eigenvalue weighted by Gasteiger charge is 2.52. The Hall–Kier alpha value is -1.51. The maximum atomic E-state index is 11.0. The van der Waals surface area contributed by atoms with E-state index >= 15 is 0 Å². The van der Waals surface area contributed by atoms with Gasteiger partial charge in [-0.3, -0.25) is 4.79 Å². The van der Waals surface area contributed by atoms with Crippen LogP contribution in [0.3, 0.4) is 0 Å². The van der Waals surface area contributed by atoms with Gasteiger partial charge in [0, 0.05) is 5.56 Å². The topological polar surface area (TPSA) is 35.5 Å². The second kappa shape index (κ2) is 5.04. The zero-order valence-electron chi connectivity index (χ0n) is 12.5. The summed E-state index contributed by atoms with van der Waals surface area (Å²) in [6.45, 7) is 0. The maximum Gasteiger partial charge on any atom is 0.162 e. The van der Waals surface area contributed by atoms with E-state index in [-0.39, 0.29) is 0 Å². The molecule has 3 aliphatic carbocycles. The van der Waals surface area contributed by atoms with Crippen molar-refractivity contribution in [3.05, 3.63) is 23.8 Å². The molecule has 0 spiro atoms. The molecule has 0 saturated heterocycles. The molecule has 3 heteroatoms. The van der Waals surface area contributed by atoms with Gasteiger partial charge in [-0.1, -0.05) is 0 Å². The third-order valence-corrected chi connectivity index (χ3v) is 5.96. The summed E-state index contributed by atoms with van der Waals surface area (Å²) >= 11 is 0. The standard InChI is InChI=1S/C18H22O3/c1-20-17-5-2-11(10-19)6-18(17)21-14-8-15-12-3-4-13(7-12)16(15)9-14/h2,5-6,10,12-16H,3-4,7-9H2,1H3. The van der Waals surface area contributed by atoms with Crippen molar-refractivity contribution in [1.82, 2.24) is 0 Å². The molecule has 0 aromatic heterocycles. The molecule has 1 aromatic carbocycles. The number of hydrogen-bond donors (Lipinski definition) is 0. The van der Waals surface area contributed by atoms with Gasteiger partial charge in [-0.05, 0) is 74.0 Å². The highest BCUT2D eigenvalue weighted by molar-refractivity contribution is 5.76. The summed E-state index contributed by atoms with van der Waals surface area (Å²) < 4.78 is 11.6. The summed E-state index contributed by atoms with van der Waals surface area (Å²) in [6, 6.07) is 5.38.